The van der Waals surface area contributed by atoms with Crippen LogP contribution in [-0.2, 0) is 6.61 Å². The van der Waals surface area contributed by atoms with Gasteiger partial charge >= 0.3 is 0 Å². The highest BCUT2D eigenvalue weighted by Gasteiger charge is 2.13. The first kappa shape index (κ1) is 16.3. The third-order valence-electron chi connectivity index (χ3n) is 3.54. The summed E-state index contributed by atoms with van der Waals surface area (Å²) in [7, 11) is 1.60. The van der Waals surface area contributed by atoms with Crippen molar-refractivity contribution in [2.45, 2.75) is 6.61 Å². The second-order valence-electron chi connectivity index (χ2n) is 5.11. The SMILES string of the molecule is COc1cc(C2=NCCS2)ccc1OCc1ccc([N+](=O)[O-])cc1. The van der Waals surface area contributed by atoms with Crippen LogP contribution in [0, 0.1) is 10.1 Å². The standard InChI is InChI=1S/C17H16N2O4S/c1-22-16-10-13(17-18-8-9-24-17)4-7-15(16)23-11-12-2-5-14(6-3-12)19(20)21/h2-7,10H,8-9,11H2,1H3. The Kier molecular flexibility index (Phi) is 5.00. The molecule has 2 aromatic carbocycles. The van der Waals surface area contributed by atoms with Gasteiger partial charge in [-0.1, -0.05) is 0 Å². The molecule has 0 spiro atoms. The molecule has 3 rings (SSSR count). The van der Waals surface area contributed by atoms with E-state index in [-0.39, 0.29) is 5.69 Å². The van der Waals surface area contributed by atoms with Crippen LogP contribution in [0.5, 0.6) is 11.5 Å². The van der Waals surface area contributed by atoms with Crippen LogP contribution in [0.4, 0.5) is 5.69 Å². The van der Waals surface area contributed by atoms with E-state index in [4.69, 9.17) is 9.47 Å². The van der Waals surface area contributed by atoms with Crippen molar-refractivity contribution in [3.63, 3.8) is 0 Å². The fraction of sp³-hybridized carbons (Fsp3) is 0.235. The third-order valence-corrected chi connectivity index (χ3v) is 4.56. The van der Waals surface area contributed by atoms with Crippen molar-refractivity contribution in [1.82, 2.24) is 0 Å². The highest BCUT2D eigenvalue weighted by Crippen LogP contribution is 2.31. The number of aliphatic imine (C=N–C) groups is 1. The normalized spacial score (nSPS) is 13.5. The average molecular weight is 344 g/mol. The van der Waals surface area contributed by atoms with Gasteiger partial charge in [-0.05, 0) is 35.9 Å². The molecule has 0 N–H and O–H groups in total. The maximum Gasteiger partial charge on any atom is 0.269 e. The van der Waals surface area contributed by atoms with Crippen molar-refractivity contribution in [2.75, 3.05) is 19.4 Å². The summed E-state index contributed by atoms with van der Waals surface area (Å²) in [6.45, 7) is 1.16. The van der Waals surface area contributed by atoms with Gasteiger partial charge < -0.3 is 9.47 Å². The zero-order valence-corrected chi connectivity index (χ0v) is 13.9. The first-order valence-corrected chi connectivity index (χ1v) is 8.38. The molecule has 0 saturated heterocycles. The number of non-ortho nitro benzene ring substituents is 1. The van der Waals surface area contributed by atoms with Crippen molar-refractivity contribution in [2.24, 2.45) is 4.99 Å². The van der Waals surface area contributed by atoms with Gasteiger partial charge in [-0.25, -0.2) is 0 Å². The summed E-state index contributed by atoms with van der Waals surface area (Å²) in [6, 6.07) is 12.0. The molecule has 7 heteroatoms. The van der Waals surface area contributed by atoms with Gasteiger partial charge in [-0.3, -0.25) is 15.1 Å². The Morgan fingerprint density at radius 1 is 1.21 bits per heavy atom. The molecule has 1 aliphatic heterocycles. The second kappa shape index (κ2) is 7.35. The number of hydrogen-bond acceptors (Lipinski definition) is 6. The van der Waals surface area contributed by atoms with Crippen molar-refractivity contribution < 1.29 is 14.4 Å². The van der Waals surface area contributed by atoms with E-state index in [2.05, 4.69) is 4.99 Å². The highest BCUT2D eigenvalue weighted by molar-refractivity contribution is 8.14. The van der Waals surface area contributed by atoms with Gasteiger partial charge in [0.15, 0.2) is 11.5 Å². The topological polar surface area (TPSA) is 74.0 Å². The largest absolute Gasteiger partial charge is 0.493 e. The van der Waals surface area contributed by atoms with Gasteiger partial charge in [-0.2, -0.15) is 0 Å². The Bertz CT molecular complexity index is 775. The lowest BCUT2D eigenvalue weighted by Gasteiger charge is -2.12. The molecule has 0 amide bonds. The van der Waals surface area contributed by atoms with Crippen LogP contribution in [0.25, 0.3) is 0 Å². The van der Waals surface area contributed by atoms with Crippen LogP contribution in [0.15, 0.2) is 47.5 Å². The lowest BCUT2D eigenvalue weighted by molar-refractivity contribution is -0.384. The van der Waals surface area contributed by atoms with E-state index in [1.54, 1.807) is 31.0 Å². The molecule has 0 radical (unpaired) electrons. The number of hydrogen-bond donors (Lipinski definition) is 0. The number of nitro groups is 1. The van der Waals surface area contributed by atoms with Crippen LogP contribution in [0.2, 0.25) is 0 Å². The Morgan fingerprint density at radius 2 is 2.00 bits per heavy atom. The Balaban J connectivity index is 1.71. The number of nitrogens with zero attached hydrogens (tertiary/aromatic N) is 2. The molecule has 0 aliphatic carbocycles. The molecule has 1 heterocycles. The van der Waals surface area contributed by atoms with Gasteiger partial charge in [0.2, 0.25) is 0 Å². The lowest BCUT2D eigenvalue weighted by Crippen LogP contribution is -2.00. The number of thioether (sulfide) groups is 1. The lowest BCUT2D eigenvalue weighted by atomic mass is 10.2. The van der Waals surface area contributed by atoms with E-state index in [0.717, 1.165) is 28.5 Å². The molecule has 6 nitrogen and oxygen atoms in total. The molecular formula is C17H16N2O4S. The molecule has 1 aliphatic rings. The van der Waals surface area contributed by atoms with Gasteiger partial charge in [0, 0.05) is 30.0 Å². The van der Waals surface area contributed by atoms with Crippen LogP contribution in [0.1, 0.15) is 11.1 Å². The number of benzene rings is 2. The Labute approximate surface area is 143 Å². The molecular weight excluding hydrogens is 328 g/mol. The highest BCUT2D eigenvalue weighted by atomic mass is 32.2. The minimum absolute atomic E-state index is 0.0653. The summed E-state index contributed by atoms with van der Waals surface area (Å²) in [5, 5.41) is 11.7. The minimum atomic E-state index is -0.420. The Morgan fingerprint density at radius 3 is 2.62 bits per heavy atom. The molecule has 124 valence electrons. The number of ether oxygens (including phenoxy) is 2. The van der Waals surface area contributed by atoms with Crippen molar-refractivity contribution in [3.05, 3.63) is 63.7 Å². The second-order valence-corrected chi connectivity index (χ2v) is 6.20. The summed E-state index contributed by atoms with van der Waals surface area (Å²) in [4.78, 5) is 14.7. The zero-order chi connectivity index (χ0) is 16.9. The van der Waals surface area contributed by atoms with E-state index in [9.17, 15) is 10.1 Å². The van der Waals surface area contributed by atoms with Gasteiger partial charge in [0.25, 0.3) is 5.69 Å². The molecule has 0 atom stereocenters. The minimum Gasteiger partial charge on any atom is -0.493 e. The quantitative estimate of drug-likeness (QED) is 0.590. The number of rotatable bonds is 6. The van der Waals surface area contributed by atoms with Crippen LogP contribution in [0.3, 0.4) is 0 Å². The van der Waals surface area contributed by atoms with E-state index in [1.165, 1.54) is 12.1 Å². The number of methoxy groups -OCH3 is 1. The fourth-order valence-electron chi connectivity index (χ4n) is 2.30. The smallest absolute Gasteiger partial charge is 0.269 e. The van der Waals surface area contributed by atoms with E-state index in [1.807, 2.05) is 18.2 Å². The zero-order valence-electron chi connectivity index (χ0n) is 13.1. The van der Waals surface area contributed by atoms with Crippen LogP contribution in [-0.4, -0.2) is 29.4 Å². The van der Waals surface area contributed by atoms with Gasteiger partial charge in [0.05, 0.1) is 17.1 Å². The summed E-state index contributed by atoms with van der Waals surface area (Å²) in [5.74, 6) is 2.28. The van der Waals surface area contributed by atoms with E-state index >= 15 is 0 Å². The molecule has 24 heavy (non-hydrogen) atoms. The van der Waals surface area contributed by atoms with E-state index < -0.39 is 4.92 Å². The molecule has 0 saturated carbocycles. The van der Waals surface area contributed by atoms with E-state index in [0.29, 0.717) is 18.1 Å². The predicted octanol–water partition coefficient (Wildman–Crippen LogP) is 3.68. The Hall–Kier alpha value is -2.54. The maximum atomic E-state index is 10.7. The monoisotopic (exact) mass is 344 g/mol. The first-order chi connectivity index (χ1) is 11.7. The molecule has 0 unspecified atom stereocenters. The third kappa shape index (κ3) is 3.68. The maximum absolute atomic E-state index is 10.7. The predicted molar refractivity (Wildman–Crippen MR) is 94.3 cm³/mol. The number of nitro benzene ring substituents is 1. The molecule has 0 fully saturated rings. The van der Waals surface area contributed by atoms with Crippen molar-refractivity contribution in [3.8, 4) is 11.5 Å². The fourth-order valence-corrected chi connectivity index (χ4v) is 3.16. The van der Waals surface area contributed by atoms with Crippen LogP contribution >= 0.6 is 11.8 Å². The summed E-state index contributed by atoms with van der Waals surface area (Å²) in [5.41, 5.74) is 1.94. The van der Waals surface area contributed by atoms with Crippen molar-refractivity contribution in [1.29, 1.82) is 0 Å². The van der Waals surface area contributed by atoms with Crippen LogP contribution < -0.4 is 9.47 Å². The van der Waals surface area contributed by atoms with Gasteiger partial charge in [0.1, 0.15) is 6.61 Å². The average Bonchev–Trinajstić information content (AvgIpc) is 3.14. The molecule has 0 aromatic heterocycles. The summed E-state index contributed by atoms with van der Waals surface area (Å²) < 4.78 is 11.2. The van der Waals surface area contributed by atoms with Crippen molar-refractivity contribution >= 4 is 22.5 Å². The summed E-state index contributed by atoms with van der Waals surface area (Å²) in [6.07, 6.45) is 0. The molecule has 2 aromatic rings. The molecule has 0 bridgehead atoms. The van der Waals surface area contributed by atoms with Gasteiger partial charge in [-0.15, -0.1) is 11.8 Å². The first-order valence-electron chi connectivity index (χ1n) is 7.39. The summed E-state index contributed by atoms with van der Waals surface area (Å²) >= 11 is 1.73.